The largest absolute Gasteiger partial charge is 0.390 e. The summed E-state index contributed by atoms with van der Waals surface area (Å²) in [5.74, 6) is 1.32. The molecule has 1 nitrogen and oxygen atoms in total. The van der Waals surface area contributed by atoms with Crippen LogP contribution < -0.4 is 5.32 Å². The smallest absolute Gasteiger partial charge is 0.307 e. The highest BCUT2D eigenvalue weighted by molar-refractivity contribution is 5.19. The van der Waals surface area contributed by atoms with E-state index in [-0.39, 0.29) is 6.04 Å². The zero-order valence-electron chi connectivity index (χ0n) is 11.4. The van der Waals surface area contributed by atoms with E-state index in [2.05, 4.69) is 5.32 Å². The van der Waals surface area contributed by atoms with Crippen molar-refractivity contribution in [1.82, 2.24) is 5.32 Å². The predicted molar refractivity (Wildman–Crippen MR) is 72.2 cm³/mol. The minimum atomic E-state index is -4.13. The Kier molecular flexibility index (Phi) is 3.76. The van der Waals surface area contributed by atoms with E-state index >= 15 is 0 Å². The van der Waals surface area contributed by atoms with Crippen LogP contribution in [0.15, 0.2) is 30.3 Å². The van der Waals surface area contributed by atoms with Gasteiger partial charge in [-0.3, -0.25) is 0 Å². The molecule has 20 heavy (non-hydrogen) atoms. The monoisotopic (exact) mass is 283 g/mol. The molecule has 2 bridgehead atoms. The topological polar surface area (TPSA) is 12.0 Å². The summed E-state index contributed by atoms with van der Waals surface area (Å²) >= 11 is 0. The predicted octanol–water partition coefficient (Wildman–Crippen LogP) is 4.46. The van der Waals surface area contributed by atoms with Crippen LogP contribution in [0.5, 0.6) is 0 Å². The van der Waals surface area contributed by atoms with Gasteiger partial charge in [0.25, 0.3) is 0 Å². The highest BCUT2D eigenvalue weighted by Gasteiger charge is 2.41. The summed E-state index contributed by atoms with van der Waals surface area (Å²) in [7, 11) is 0. The second-order valence-corrected chi connectivity index (χ2v) is 6.23. The quantitative estimate of drug-likeness (QED) is 0.860. The highest BCUT2D eigenvalue weighted by Crippen LogP contribution is 2.45. The van der Waals surface area contributed by atoms with Crippen LogP contribution in [-0.2, 0) is 0 Å². The third-order valence-electron chi connectivity index (χ3n) is 4.79. The Labute approximate surface area is 117 Å². The summed E-state index contributed by atoms with van der Waals surface area (Å²) in [5, 5.41) is 3.30. The molecule has 4 heteroatoms. The Bertz CT molecular complexity index is 443. The lowest BCUT2D eigenvalue weighted by atomic mass is 9.93. The van der Waals surface area contributed by atoms with Gasteiger partial charge in [0.2, 0.25) is 0 Å². The molecule has 0 radical (unpaired) electrons. The molecule has 0 heterocycles. The van der Waals surface area contributed by atoms with Gasteiger partial charge in [0, 0.05) is 12.1 Å². The fraction of sp³-hybridized carbons (Fsp3) is 0.625. The van der Waals surface area contributed by atoms with Crippen molar-refractivity contribution >= 4 is 0 Å². The molecule has 0 saturated heterocycles. The van der Waals surface area contributed by atoms with Crippen LogP contribution >= 0.6 is 0 Å². The molecule has 0 amide bonds. The Morgan fingerprint density at radius 1 is 1.10 bits per heavy atom. The lowest BCUT2D eigenvalue weighted by Gasteiger charge is -2.29. The van der Waals surface area contributed by atoms with Gasteiger partial charge in [-0.05, 0) is 36.7 Å². The average Bonchev–Trinajstić information content (AvgIpc) is 3.00. The van der Waals surface area contributed by atoms with Crippen LogP contribution in [0.1, 0.15) is 43.7 Å². The van der Waals surface area contributed by atoms with E-state index in [0.717, 1.165) is 17.9 Å². The molecule has 2 fully saturated rings. The third kappa shape index (κ3) is 3.17. The lowest BCUT2D eigenvalue weighted by molar-refractivity contribution is -0.141. The van der Waals surface area contributed by atoms with Crippen LogP contribution in [0.3, 0.4) is 0 Å². The maximum absolute atomic E-state index is 12.8. The van der Waals surface area contributed by atoms with Crippen LogP contribution in [0.4, 0.5) is 13.2 Å². The standard InChI is InChI=1S/C16H20F3N/c17-16(18,19)10-15(12-4-2-1-3-5-12)20-14-9-11-6-7-13(14)8-11/h1-5,11,13-15,20H,6-10H2. The second kappa shape index (κ2) is 5.40. The first-order valence-electron chi connectivity index (χ1n) is 7.39. The van der Waals surface area contributed by atoms with Gasteiger partial charge in [-0.2, -0.15) is 13.2 Å². The average molecular weight is 283 g/mol. The minimum Gasteiger partial charge on any atom is -0.307 e. The van der Waals surface area contributed by atoms with Crippen LogP contribution in [0.25, 0.3) is 0 Å². The van der Waals surface area contributed by atoms with Crippen molar-refractivity contribution in [3.63, 3.8) is 0 Å². The van der Waals surface area contributed by atoms with Crippen molar-refractivity contribution < 1.29 is 13.2 Å². The van der Waals surface area contributed by atoms with Gasteiger partial charge in [-0.25, -0.2) is 0 Å². The van der Waals surface area contributed by atoms with E-state index in [0.29, 0.717) is 5.92 Å². The number of fused-ring (bicyclic) bond motifs is 2. The molecule has 0 spiro atoms. The number of benzene rings is 1. The SMILES string of the molecule is FC(F)(F)CC(NC1CC2CCC1C2)c1ccccc1. The fourth-order valence-electron chi connectivity index (χ4n) is 3.90. The fourth-order valence-corrected chi connectivity index (χ4v) is 3.90. The van der Waals surface area contributed by atoms with E-state index in [1.807, 2.05) is 6.07 Å². The molecule has 110 valence electrons. The van der Waals surface area contributed by atoms with E-state index < -0.39 is 18.6 Å². The number of halogens is 3. The summed E-state index contributed by atoms with van der Waals surface area (Å²) in [4.78, 5) is 0. The molecule has 4 unspecified atom stereocenters. The van der Waals surface area contributed by atoms with Gasteiger partial charge >= 0.3 is 6.18 Å². The first-order valence-corrected chi connectivity index (χ1v) is 7.39. The molecule has 0 aromatic heterocycles. The Balaban J connectivity index is 1.72. The molecule has 2 saturated carbocycles. The van der Waals surface area contributed by atoms with Crippen molar-refractivity contribution in [3.05, 3.63) is 35.9 Å². The number of rotatable bonds is 4. The molecular weight excluding hydrogens is 263 g/mol. The summed E-state index contributed by atoms with van der Waals surface area (Å²) in [5.41, 5.74) is 0.743. The van der Waals surface area contributed by atoms with Gasteiger partial charge in [-0.1, -0.05) is 36.8 Å². The van der Waals surface area contributed by atoms with Crippen molar-refractivity contribution in [3.8, 4) is 0 Å². The molecule has 1 N–H and O–H groups in total. The highest BCUT2D eigenvalue weighted by atomic mass is 19.4. The van der Waals surface area contributed by atoms with E-state index in [1.165, 1.54) is 19.3 Å². The van der Waals surface area contributed by atoms with Gasteiger partial charge < -0.3 is 5.32 Å². The van der Waals surface area contributed by atoms with Gasteiger partial charge in [0.05, 0.1) is 6.42 Å². The van der Waals surface area contributed by atoms with Crippen LogP contribution in [-0.4, -0.2) is 12.2 Å². The Morgan fingerprint density at radius 3 is 2.40 bits per heavy atom. The van der Waals surface area contributed by atoms with Gasteiger partial charge in [-0.15, -0.1) is 0 Å². The van der Waals surface area contributed by atoms with E-state index in [1.54, 1.807) is 24.3 Å². The third-order valence-corrected chi connectivity index (χ3v) is 4.79. The first-order chi connectivity index (χ1) is 9.51. The summed E-state index contributed by atoms with van der Waals surface area (Å²) in [6, 6.07) is 8.68. The second-order valence-electron chi connectivity index (χ2n) is 6.23. The zero-order valence-corrected chi connectivity index (χ0v) is 11.4. The molecule has 2 aliphatic carbocycles. The Morgan fingerprint density at radius 2 is 1.85 bits per heavy atom. The van der Waals surface area contributed by atoms with Crippen LogP contribution in [0, 0.1) is 11.8 Å². The van der Waals surface area contributed by atoms with Crippen LogP contribution in [0.2, 0.25) is 0 Å². The number of hydrogen-bond acceptors (Lipinski definition) is 1. The summed E-state index contributed by atoms with van der Waals surface area (Å²) < 4.78 is 38.4. The minimum absolute atomic E-state index is 0.265. The summed E-state index contributed by atoms with van der Waals surface area (Å²) in [6.07, 6.45) is -0.235. The molecule has 2 aliphatic rings. The molecular formula is C16H20F3N. The van der Waals surface area contributed by atoms with E-state index in [9.17, 15) is 13.2 Å². The van der Waals surface area contributed by atoms with Crippen molar-refractivity contribution in [2.24, 2.45) is 11.8 Å². The van der Waals surface area contributed by atoms with Crippen molar-refractivity contribution in [2.75, 3.05) is 0 Å². The number of nitrogens with one attached hydrogen (secondary N) is 1. The molecule has 1 aromatic rings. The molecule has 1 aromatic carbocycles. The zero-order chi connectivity index (χ0) is 14.2. The number of alkyl halides is 3. The van der Waals surface area contributed by atoms with Gasteiger partial charge in [0.15, 0.2) is 0 Å². The Hall–Kier alpha value is -1.03. The van der Waals surface area contributed by atoms with Gasteiger partial charge in [0.1, 0.15) is 0 Å². The summed E-state index contributed by atoms with van der Waals surface area (Å²) in [6.45, 7) is 0. The van der Waals surface area contributed by atoms with Crippen molar-refractivity contribution in [2.45, 2.75) is 50.4 Å². The molecule has 0 aliphatic heterocycles. The maximum atomic E-state index is 12.8. The van der Waals surface area contributed by atoms with Crippen molar-refractivity contribution in [1.29, 1.82) is 0 Å². The molecule has 3 rings (SSSR count). The maximum Gasteiger partial charge on any atom is 0.390 e. The first kappa shape index (κ1) is 13.9. The lowest BCUT2D eigenvalue weighted by Crippen LogP contribution is -2.38. The number of hydrogen-bond donors (Lipinski definition) is 1. The normalized spacial score (nSPS) is 30.6. The molecule has 4 atom stereocenters. The van der Waals surface area contributed by atoms with E-state index in [4.69, 9.17) is 0 Å².